The fourth-order valence-corrected chi connectivity index (χ4v) is 9.54. The van der Waals surface area contributed by atoms with Crippen LogP contribution in [0.2, 0.25) is 0 Å². The molecule has 0 aromatic heterocycles. The van der Waals surface area contributed by atoms with Gasteiger partial charge in [0.25, 0.3) is 0 Å². The Morgan fingerprint density at radius 1 is 0.947 bits per heavy atom. The molecule has 0 bridgehead atoms. The summed E-state index contributed by atoms with van der Waals surface area (Å²) < 4.78 is 6.20. The second-order valence-electron chi connectivity index (χ2n) is 14.3. The molecule has 5 aliphatic rings. The van der Waals surface area contributed by atoms with Crippen molar-refractivity contribution in [3.05, 3.63) is 0 Å². The van der Waals surface area contributed by atoms with Gasteiger partial charge in [0, 0.05) is 43.5 Å². The minimum atomic E-state index is -0.969. The highest BCUT2D eigenvalue weighted by Gasteiger charge is 2.67. The van der Waals surface area contributed by atoms with E-state index in [1.165, 1.54) is 25.9 Å². The molecule has 0 spiro atoms. The van der Waals surface area contributed by atoms with Crippen LogP contribution in [0.5, 0.6) is 0 Å². The van der Waals surface area contributed by atoms with Crippen molar-refractivity contribution in [2.75, 3.05) is 53.5 Å². The zero-order chi connectivity index (χ0) is 27.0. The molecule has 4 saturated carbocycles. The maximum Gasteiger partial charge on any atom is 0.165 e. The molecule has 0 aromatic carbocycles. The van der Waals surface area contributed by atoms with Crippen LogP contribution in [0.25, 0.3) is 0 Å². The summed E-state index contributed by atoms with van der Waals surface area (Å²) in [5.41, 5.74) is -0.601. The highest BCUT2D eigenvalue weighted by molar-refractivity contribution is 5.63. The third-order valence-corrected chi connectivity index (χ3v) is 12.1. The second-order valence-corrected chi connectivity index (χ2v) is 14.3. The number of ether oxygens (including phenoxy) is 1. The lowest BCUT2D eigenvalue weighted by atomic mass is 9.43. The summed E-state index contributed by atoms with van der Waals surface area (Å²) in [4.78, 5) is 10.2. The van der Waals surface area contributed by atoms with E-state index in [0.29, 0.717) is 31.0 Å². The Hall–Kier alpha value is -0.730. The van der Waals surface area contributed by atoms with E-state index in [0.717, 1.165) is 77.3 Å². The zero-order valence-corrected chi connectivity index (χ0v) is 24.7. The number of rotatable bonds is 10. The first-order chi connectivity index (χ1) is 18.1. The Balaban J connectivity index is 1.19. The van der Waals surface area contributed by atoms with Gasteiger partial charge in [-0.15, -0.1) is 0 Å². The Labute approximate surface area is 231 Å². The number of oxime groups is 1. The maximum atomic E-state index is 12.4. The Bertz CT molecular complexity index is 834. The number of nitrogens with zero attached hydrogens (tertiary/aromatic N) is 3. The van der Waals surface area contributed by atoms with Gasteiger partial charge in [-0.1, -0.05) is 19.0 Å². The molecule has 0 radical (unpaired) electrons. The summed E-state index contributed by atoms with van der Waals surface area (Å²) in [7, 11) is 4.07. The van der Waals surface area contributed by atoms with E-state index in [2.05, 4.69) is 28.8 Å². The molecule has 5 rings (SSSR count). The second kappa shape index (κ2) is 11.3. The quantitative estimate of drug-likeness (QED) is 0.186. The number of likely N-dealkylation sites (N-methyl/N-ethyl adjacent to an activating group) is 1. The first kappa shape index (κ1) is 28.8. The third-order valence-electron chi connectivity index (χ3n) is 12.1. The topological polar surface area (TPSA) is 77.8 Å². The van der Waals surface area contributed by atoms with Crippen LogP contribution in [-0.4, -0.2) is 91.1 Å². The third kappa shape index (κ3) is 5.32. The predicted octanol–water partition coefficient (Wildman–Crippen LogP) is 4.52. The SMILES string of the molecule is CN(C)CCO/N=C/C1CC[C@@]2(O)[C@@H]3CCC4CC(O)(OCCCN5CCCC5)CC[C@]4(C)[C@@H]3CC[C@]12C. The number of aliphatic hydroxyl groups is 2. The van der Waals surface area contributed by atoms with E-state index in [-0.39, 0.29) is 16.7 Å². The highest BCUT2D eigenvalue weighted by Crippen LogP contribution is 2.69. The molecule has 218 valence electrons. The molecule has 8 atom stereocenters. The van der Waals surface area contributed by atoms with Crippen LogP contribution in [0.4, 0.5) is 0 Å². The smallest absolute Gasteiger partial charge is 0.165 e. The molecule has 0 aromatic rings. The van der Waals surface area contributed by atoms with Gasteiger partial charge in [-0.05, 0) is 115 Å². The number of hydrogen-bond acceptors (Lipinski definition) is 7. The van der Waals surface area contributed by atoms with E-state index in [9.17, 15) is 10.2 Å². The number of likely N-dealkylation sites (tertiary alicyclic amines) is 1. The molecule has 0 amide bonds. The van der Waals surface area contributed by atoms with Crippen molar-refractivity contribution in [2.24, 2.45) is 39.7 Å². The highest BCUT2D eigenvalue weighted by atomic mass is 16.6. The molecule has 7 heteroatoms. The van der Waals surface area contributed by atoms with Crippen molar-refractivity contribution in [3.63, 3.8) is 0 Å². The molecule has 1 aliphatic heterocycles. The Morgan fingerprint density at radius 3 is 2.50 bits per heavy atom. The molecule has 2 N–H and O–H groups in total. The first-order valence-corrected chi connectivity index (χ1v) is 15.7. The normalized spacial score (nSPS) is 45.3. The van der Waals surface area contributed by atoms with Crippen molar-refractivity contribution >= 4 is 6.21 Å². The molecule has 3 unspecified atom stereocenters. The summed E-state index contributed by atoms with van der Waals surface area (Å²) in [6.07, 6.45) is 14.3. The first-order valence-electron chi connectivity index (χ1n) is 15.7. The van der Waals surface area contributed by atoms with Crippen LogP contribution in [0.3, 0.4) is 0 Å². The molecule has 1 heterocycles. The van der Waals surface area contributed by atoms with Gasteiger partial charge in [-0.3, -0.25) is 0 Å². The molecular weight excluding hydrogens is 478 g/mol. The molecule has 4 aliphatic carbocycles. The van der Waals surface area contributed by atoms with Crippen molar-refractivity contribution in [2.45, 2.75) is 102 Å². The van der Waals surface area contributed by atoms with Crippen LogP contribution >= 0.6 is 0 Å². The summed E-state index contributed by atoms with van der Waals surface area (Å²) in [6.45, 7) is 10.4. The van der Waals surface area contributed by atoms with E-state index >= 15 is 0 Å². The minimum Gasteiger partial charge on any atom is -0.395 e. The van der Waals surface area contributed by atoms with E-state index in [1.807, 2.05) is 20.3 Å². The average molecular weight is 534 g/mol. The van der Waals surface area contributed by atoms with Gasteiger partial charge in [-0.2, -0.15) is 0 Å². The predicted molar refractivity (Wildman–Crippen MR) is 151 cm³/mol. The maximum absolute atomic E-state index is 12.4. The standard InChI is InChI=1S/C31H55N3O4/c1-28-14-15-30(35,37-20-7-18-34-16-5-6-17-34)22-24(28)8-9-27-26(28)11-12-29(2)25(10-13-31(27,29)36)23-32-38-21-19-33(3)4/h23-27,35-36H,5-22H2,1-4H3/b32-23+/t24?,25?,26-,27-,28+,29-,30?,31-/m1/s1. The van der Waals surface area contributed by atoms with Crippen molar-refractivity contribution in [1.82, 2.24) is 9.80 Å². The number of hydrogen-bond donors (Lipinski definition) is 2. The van der Waals surface area contributed by atoms with Crippen LogP contribution in [0.15, 0.2) is 5.16 Å². The van der Waals surface area contributed by atoms with Crippen molar-refractivity contribution < 1.29 is 19.8 Å². The van der Waals surface area contributed by atoms with Gasteiger partial charge in [0.2, 0.25) is 0 Å². The summed E-state index contributed by atoms with van der Waals surface area (Å²) in [5.74, 6) is 0.625. The minimum absolute atomic E-state index is 0.139. The Kier molecular flexibility index (Phi) is 8.54. The van der Waals surface area contributed by atoms with Gasteiger partial charge in [0.1, 0.15) is 6.61 Å². The lowest BCUT2D eigenvalue weighted by Crippen LogP contribution is -2.63. The molecule has 1 saturated heterocycles. The zero-order valence-electron chi connectivity index (χ0n) is 24.7. The summed E-state index contributed by atoms with van der Waals surface area (Å²) in [6, 6.07) is 0. The number of fused-ring (bicyclic) bond motifs is 5. The van der Waals surface area contributed by atoms with Gasteiger partial charge in [-0.25, -0.2) is 0 Å². The van der Waals surface area contributed by atoms with Gasteiger partial charge >= 0.3 is 0 Å². The van der Waals surface area contributed by atoms with E-state index < -0.39 is 11.4 Å². The summed E-state index contributed by atoms with van der Waals surface area (Å²) >= 11 is 0. The van der Waals surface area contributed by atoms with E-state index in [4.69, 9.17) is 9.57 Å². The molecular formula is C31H55N3O4. The van der Waals surface area contributed by atoms with Crippen LogP contribution in [0, 0.1) is 34.5 Å². The summed E-state index contributed by atoms with van der Waals surface area (Å²) in [5, 5.41) is 28.1. The van der Waals surface area contributed by atoms with Crippen LogP contribution < -0.4 is 0 Å². The van der Waals surface area contributed by atoms with Gasteiger partial charge in [0.05, 0.1) is 12.2 Å². The molecule has 5 fully saturated rings. The fourth-order valence-electron chi connectivity index (χ4n) is 9.54. The lowest BCUT2D eigenvalue weighted by Gasteiger charge is -2.64. The Morgan fingerprint density at radius 2 is 1.74 bits per heavy atom. The van der Waals surface area contributed by atoms with Gasteiger partial charge in [0.15, 0.2) is 5.79 Å². The van der Waals surface area contributed by atoms with Crippen LogP contribution in [0.1, 0.15) is 90.9 Å². The van der Waals surface area contributed by atoms with E-state index in [1.54, 1.807) is 0 Å². The largest absolute Gasteiger partial charge is 0.395 e. The molecule has 38 heavy (non-hydrogen) atoms. The van der Waals surface area contributed by atoms with Crippen LogP contribution in [-0.2, 0) is 9.57 Å². The average Bonchev–Trinajstić information content (AvgIpc) is 3.48. The fraction of sp³-hybridized carbons (Fsp3) is 0.968. The molecule has 7 nitrogen and oxygen atoms in total. The van der Waals surface area contributed by atoms with Gasteiger partial charge < -0.3 is 29.6 Å². The lowest BCUT2D eigenvalue weighted by molar-refractivity contribution is -0.269. The van der Waals surface area contributed by atoms with Crippen molar-refractivity contribution in [3.8, 4) is 0 Å². The van der Waals surface area contributed by atoms with Crippen molar-refractivity contribution in [1.29, 1.82) is 0 Å². The monoisotopic (exact) mass is 533 g/mol.